The lowest BCUT2D eigenvalue weighted by molar-refractivity contribution is 1.26. The van der Waals surface area contributed by atoms with Crippen molar-refractivity contribution in [3.05, 3.63) is 158 Å². The van der Waals surface area contributed by atoms with Crippen molar-refractivity contribution in [3.63, 3.8) is 0 Å². The first-order valence-corrected chi connectivity index (χ1v) is 14.6. The Morgan fingerprint density at radius 2 is 0.814 bits per heavy atom. The van der Waals surface area contributed by atoms with Crippen LogP contribution in [0.25, 0.3) is 76.8 Å². The second-order valence-corrected chi connectivity index (χ2v) is 11.2. The summed E-state index contributed by atoms with van der Waals surface area (Å²) in [5.41, 5.74) is 10.6. The molecule has 0 aliphatic rings. The van der Waals surface area contributed by atoms with Gasteiger partial charge in [-0.05, 0) is 96.9 Å². The summed E-state index contributed by atoms with van der Waals surface area (Å²) in [6.07, 6.45) is 7.62. The maximum Gasteiger partial charge on any atom is 0.0347 e. The standard InChI is InChI=1S/C41H28N2/c1-27-19-33(24-42-23-27)35-22-34(25-43-26-35)31-16-15-30-21-32(18-17-29(30)20-31)41-38-13-7-5-11-36(38)40(28-9-3-2-4-10-28)37-12-6-8-14-39(37)41/h2-26H,1H3. The number of hydrogen-bond donors (Lipinski definition) is 0. The van der Waals surface area contributed by atoms with E-state index >= 15 is 0 Å². The Kier molecular flexibility index (Phi) is 6.05. The van der Waals surface area contributed by atoms with E-state index in [0.29, 0.717) is 0 Å². The van der Waals surface area contributed by atoms with Crippen LogP contribution in [0.4, 0.5) is 0 Å². The van der Waals surface area contributed by atoms with E-state index in [9.17, 15) is 0 Å². The maximum absolute atomic E-state index is 4.56. The van der Waals surface area contributed by atoms with Crippen LogP contribution in [0.3, 0.4) is 0 Å². The third kappa shape index (κ3) is 4.45. The zero-order valence-electron chi connectivity index (χ0n) is 23.8. The molecule has 0 unspecified atom stereocenters. The van der Waals surface area contributed by atoms with E-state index in [0.717, 1.165) is 27.8 Å². The molecule has 0 atom stereocenters. The van der Waals surface area contributed by atoms with E-state index in [1.165, 1.54) is 54.6 Å². The van der Waals surface area contributed by atoms with Crippen LogP contribution >= 0.6 is 0 Å². The molecule has 0 fully saturated rings. The number of rotatable bonds is 4. The molecule has 0 bridgehead atoms. The minimum Gasteiger partial charge on any atom is -0.264 e. The molecule has 43 heavy (non-hydrogen) atoms. The summed E-state index contributed by atoms with van der Waals surface area (Å²) in [5.74, 6) is 0. The van der Waals surface area contributed by atoms with Gasteiger partial charge in [0.25, 0.3) is 0 Å². The molecule has 2 heteroatoms. The summed E-state index contributed by atoms with van der Waals surface area (Å²) < 4.78 is 0. The molecule has 2 nitrogen and oxygen atoms in total. The molecule has 2 heterocycles. The monoisotopic (exact) mass is 548 g/mol. The molecule has 8 aromatic rings. The highest BCUT2D eigenvalue weighted by Gasteiger charge is 2.16. The van der Waals surface area contributed by atoms with Crippen molar-refractivity contribution < 1.29 is 0 Å². The quantitative estimate of drug-likeness (QED) is 0.204. The topological polar surface area (TPSA) is 25.8 Å². The third-order valence-corrected chi connectivity index (χ3v) is 8.40. The van der Waals surface area contributed by atoms with Gasteiger partial charge < -0.3 is 0 Å². The molecular weight excluding hydrogens is 520 g/mol. The molecule has 0 N–H and O–H groups in total. The lowest BCUT2D eigenvalue weighted by atomic mass is 9.85. The Morgan fingerprint density at radius 3 is 1.42 bits per heavy atom. The van der Waals surface area contributed by atoms with Crippen LogP contribution in [0.1, 0.15) is 5.56 Å². The largest absolute Gasteiger partial charge is 0.264 e. The van der Waals surface area contributed by atoms with E-state index in [-0.39, 0.29) is 0 Å². The van der Waals surface area contributed by atoms with Gasteiger partial charge in [-0.25, -0.2) is 0 Å². The minimum absolute atomic E-state index is 1.07. The minimum atomic E-state index is 1.07. The van der Waals surface area contributed by atoms with E-state index in [2.05, 4.69) is 144 Å². The highest BCUT2D eigenvalue weighted by atomic mass is 14.6. The van der Waals surface area contributed by atoms with Gasteiger partial charge in [0.15, 0.2) is 0 Å². The molecule has 0 saturated heterocycles. The van der Waals surface area contributed by atoms with Crippen molar-refractivity contribution in [1.82, 2.24) is 9.97 Å². The normalized spacial score (nSPS) is 11.4. The Balaban J connectivity index is 1.27. The number of nitrogens with zero attached hydrogens (tertiary/aromatic N) is 2. The number of pyridine rings is 2. The summed E-state index contributed by atoms with van der Waals surface area (Å²) >= 11 is 0. The van der Waals surface area contributed by atoms with Gasteiger partial charge in [-0.2, -0.15) is 0 Å². The second kappa shape index (κ2) is 10.3. The molecule has 2 aromatic heterocycles. The number of aromatic nitrogens is 2. The summed E-state index contributed by atoms with van der Waals surface area (Å²) in [6.45, 7) is 2.06. The molecular formula is C41H28N2. The summed E-state index contributed by atoms with van der Waals surface area (Å²) in [6, 6.07) is 46.3. The molecule has 202 valence electrons. The van der Waals surface area contributed by atoms with Crippen molar-refractivity contribution in [2.45, 2.75) is 6.92 Å². The highest BCUT2D eigenvalue weighted by Crippen LogP contribution is 2.44. The lowest BCUT2D eigenvalue weighted by Gasteiger charge is -2.18. The first-order valence-electron chi connectivity index (χ1n) is 14.6. The number of benzene rings is 6. The van der Waals surface area contributed by atoms with Crippen molar-refractivity contribution in [3.8, 4) is 44.5 Å². The molecule has 0 amide bonds. The van der Waals surface area contributed by atoms with E-state index in [1.807, 2.05) is 24.8 Å². The average molecular weight is 549 g/mol. The Hall–Kier alpha value is -5.60. The van der Waals surface area contributed by atoms with Gasteiger partial charge >= 0.3 is 0 Å². The first-order chi connectivity index (χ1) is 21.2. The van der Waals surface area contributed by atoms with Gasteiger partial charge in [0, 0.05) is 41.5 Å². The van der Waals surface area contributed by atoms with Gasteiger partial charge in [0.05, 0.1) is 0 Å². The molecule has 0 radical (unpaired) electrons. The first kappa shape index (κ1) is 25.1. The van der Waals surface area contributed by atoms with Crippen LogP contribution in [-0.2, 0) is 0 Å². The second-order valence-electron chi connectivity index (χ2n) is 11.2. The van der Waals surface area contributed by atoms with Crippen LogP contribution in [0.2, 0.25) is 0 Å². The van der Waals surface area contributed by atoms with E-state index in [4.69, 9.17) is 0 Å². The smallest absolute Gasteiger partial charge is 0.0347 e. The molecule has 0 spiro atoms. The van der Waals surface area contributed by atoms with Crippen LogP contribution in [0, 0.1) is 6.92 Å². The van der Waals surface area contributed by atoms with Crippen LogP contribution in [-0.4, -0.2) is 9.97 Å². The lowest BCUT2D eigenvalue weighted by Crippen LogP contribution is -1.91. The molecule has 0 saturated carbocycles. The zero-order valence-corrected chi connectivity index (χ0v) is 23.8. The fourth-order valence-corrected chi connectivity index (χ4v) is 6.40. The van der Waals surface area contributed by atoms with Crippen molar-refractivity contribution in [2.75, 3.05) is 0 Å². The molecule has 0 aliphatic carbocycles. The van der Waals surface area contributed by atoms with Gasteiger partial charge in [-0.15, -0.1) is 0 Å². The predicted molar refractivity (Wildman–Crippen MR) is 181 cm³/mol. The van der Waals surface area contributed by atoms with Crippen molar-refractivity contribution >= 4 is 32.3 Å². The maximum atomic E-state index is 4.56. The van der Waals surface area contributed by atoms with Gasteiger partial charge in [0.1, 0.15) is 0 Å². The Bertz CT molecular complexity index is 2240. The predicted octanol–water partition coefficient (Wildman–Crippen LogP) is 10.9. The number of aryl methyl sites for hydroxylation is 1. The number of hydrogen-bond acceptors (Lipinski definition) is 2. The molecule has 6 aromatic carbocycles. The van der Waals surface area contributed by atoms with Crippen LogP contribution < -0.4 is 0 Å². The van der Waals surface area contributed by atoms with Gasteiger partial charge in [-0.1, -0.05) is 103 Å². The van der Waals surface area contributed by atoms with Crippen molar-refractivity contribution in [2.24, 2.45) is 0 Å². The zero-order chi connectivity index (χ0) is 28.8. The van der Waals surface area contributed by atoms with Crippen LogP contribution in [0.5, 0.6) is 0 Å². The Labute approximate surface area is 251 Å². The summed E-state index contributed by atoms with van der Waals surface area (Å²) in [4.78, 5) is 8.93. The van der Waals surface area contributed by atoms with Gasteiger partial charge in [-0.3, -0.25) is 9.97 Å². The summed E-state index contributed by atoms with van der Waals surface area (Å²) in [7, 11) is 0. The third-order valence-electron chi connectivity index (χ3n) is 8.40. The summed E-state index contributed by atoms with van der Waals surface area (Å²) in [5, 5.41) is 7.50. The van der Waals surface area contributed by atoms with E-state index in [1.54, 1.807) is 0 Å². The fourth-order valence-electron chi connectivity index (χ4n) is 6.40. The van der Waals surface area contributed by atoms with Crippen molar-refractivity contribution in [1.29, 1.82) is 0 Å². The highest BCUT2D eigenvalue weighted by molar-refractivity contribution is 6.21. The van der Waals surface area contributed by atoms with E-state index < -0.39 is 0 Å². The SMILES string of the molecule is Cc1cncc(-c2cncc(-c3ccc4cc(-c5c6ccccc6c(-c6ccccc6)c6ccccc56)ccc4c3)c2)c1. The fraction of sp³-hybridized carbons (Fsp3) is 0.0244. The average Bonchev–Trinajstić information content (AvgIpc) is 3.07. The molecule has 0 aliphatic heterocycles. The van der Waals surface area contributed by atoms with Crippen LogP contribution in [0.15, 0.2) is 152 Å². The van der Waals surface area contributed by atoms with Gasteiger partial charge in [0.2, 0.25) is 0 Å². The number of fused-ring (bicyclic) bond motifs is 3. The Morgan fingerprint density at radius 1 is 0.349 bits per heavy atom. The molecule has 8 rings (SSSR count).